The van der Waals surface area contributed by atoms with Crippen molar-refractivity contribution in [2.75, 3.05) is 6.54 Å². The van der Waals surface area contributed by atoms with Gasteiger partial charge in [0.2, 0.25) is 0 Å². The number of aromatic nitrogens is 1. The third-order valence-corrected chi connectivity index (χ3v) is 1.80. The minimum atomic E-state index is 0.656. The van der Waals surface area contributed by atoms with E-state index < -0.39 is 0 Å². The maximum atomic E-state index is 5.41. The summed E-state index contributed by atoms with van der Waals surface area (Å²) in [6.45, 7) is 2.70. The maximum absolute atomic E-state index is 5.41. The highest BCUT2D eigenvalue weighted by Crippen LogP contribution is 2.10. The van der Waals surface area contributed by atoms with Crippen molar-refractivity contribution in [1.29, 1.82) is 0 Å². The monoisotopic (exact) mass is 214 g/mol. The fourth-order valence-electron chi connectivity index (χ4n) is 0.970. The zero-order valence-corrected chi connectivity index (χ0v) is 8.06. The van der Waals surface area contributed by atoms with Crippen molar-refractivity contribution in [3.05, 3.63) is 28.0 Å². The molecule has 0 amide bonds. The van der Waals surface area contributed by atoms with Crippen LogP contribution < -0.4 is 5.73 Å². The lowest BCUT2D eigenvalue weighted by atomic mass is 10.2. The molecule has 60 valence electrons. The summed E-state index contributed by atoms with van der Waals surface area (Å²) >= 11 is 3.33. The van der Waals surface area contributed by atoms with Crippen LogP contribution in [0.25, 0.3) is 0 Å². The number of pyridine rings is 1. The number of aryl methyl sites for hydroxylation is 1. The van der Waals surface area contributed by atoms with Crippen molar-refractivity contribution in [2.24, 2.45) is 5.73 Å². The Morgan fingerprint density at radius 3 is 2.82 bits per heavy atom. The molecule has 0 radical (unpaired) electrons. The smallest absolute Gasteiger partial charge is 0.106 e. The topological polar surface area (TPSA) is 38.9 Å². The van der Waals surface area contributed by atoms with E-state index in [2.05, 4.69) is 27.0 Å². The minimum Gasteiger partial charge on any atom is -0.330 e. The van der Waals surface area contributed by atoms with Crippen LogP contribution in [0.4, 0.5) is 0 Å². The molecule has 3 heteroatoms. The molecule has 11 heavy (non-hydrogen) atoms. The number of nitrogens with two attached hydrogens (primary N) is 1. The predicted molar refractivity (Wildman–Crippen MR) is 49.4 cm³/mol. The van der Waals surface area contributed by atoms with E-state index in [4.69, 9.17) is 5.73 Å². The van der Waals surface area contributed by atoms with Crippen molar-refractivity contribution in [3.63, 3.8) is 0 Å². The predicted octanol–water partition coefficient (Wildman–Crippen LogP) is 1.65. The molecule has 0 saturated heterocycles. The number of rotatable bonds is 2. The fraction of sp³-hybridized carbons (Fsp3) is 0.375. The summed E-state index contributed by atoms with van der Waals surface area (Å²) in [5.74, 6) is 0. The Bertz CT molecular complexity index is 228. The van der Waals surface area contributed by atoms with E-state index in [1.54, 1.807) is 0 Å². The highest BCUT2D eigenvalue weighted by molar-refractivity contribution is 9.10. The van der Waals surface area contributed by atoms with Gasteiger partial charge in [0.25, 0.3) is 0 Å². The molecular formula is C8H11BrN2. The molecule has 1 aromatic heterocycles. The van der Waals surface area contributed by atoms with E-state index in [-0.39, 0.29) is 0 Å². The first kappa shape index (κ1) is 8.68. The molecule has 0 saturated carbocycles. The minimum absolute atomic E-state index is 0.656. The van der Waals surface area contributed by atoms with Crippen LogP contribution in [0.5, 0.6) is 0 Å². The van der Waals surface area contributed by atoms with Crippen LogP contribution >= 0.6 is 15.9 Å². The maximum Gasteiger partial charge on any atom is 0.106 e. The lowest BCUT2D eigenvalue weighted by molar-refractivity contribution is 0.914. The zero-order valence-electron chi connectivity index (χ0n) is 6.47. The normalized spacial score (nSPS) is 10.1. The van der Waals surface area contributed by atoms with Crippen molar-refractivity contribution < 1.29 is 0 Å². The molecule has 0 bridgehead atoms. The van der Waals surface area contributed by atoms with E-state index in [0.717, 1.165) is 16.7 Å². The molecule has 1 aromatic rings. The molecule has 0 spiro atoms. The zero-order chi connectivity index (χ0) is 8.27. The van der Waals surface area contributed by atoms with Gasteiger partial charge in [-0.3, -0.25) is 0 Å². The van der Waals surface area contributed by atoms with E-state index in [9.17, 15) is 0 Å². The molecule has 0 unspecified atom stereocenters. The summed E-state index contributed by atoms with van der Waals surface area (Å²) in [5, 5.41) is 0. The van der Waals surface area contributed by atoms with Gasteiger partial charge in [0.05, 0.1) is 0 Å². The van der Waals surface area contributed by atoms with E-state index in [1.807, 2.05) is 13.0 Å². The molecule has 0 fully saturated rings. The van der Waals surface area contributed by atoms with Crippen molar-refractivity contribution >= 4 is 15.9 Å². The second-order valence-corrected chi connectivity index (χ2v) is 3.31. The van der Waals surface area contributed by atoms with Crippen molar-refractivity contribution in [1.82, 2.24) is 4.98 Å². The first-order valence-corrected chi connectivity index (χ1v) is 4.35. The summed E-state index contributed by atoms with van der Waals surface area (Å²) in [6.07, 6.45) is 0.847. The van der Waals surface area contributed by atoms with Gasteiger partial charge in [-0.25, -0.2) is 4.98 Å². The van der Waals surface area contributed by atoms with Crippen LogP contribution in [0.15, 0.2) is 16.7 Å². The molecule has 0 aliphatic heterocycles. The molecule has 0 atom stereocenters. The Kier molecular flexibility index (Phi) is 3.02. The highest BCUT2D eigenvalue weighted by Gasteiger charge is 1.96. The molecule has 0 aliphatic carbocycles. The van der Waals surface area contributed by atoms with Gasteiger partial charge in [-0.05, 0) is 47.1 Å². The molecule has 0 aliphatic rings. The Labute approximate surface area is 75.0 Å². The Morgan fingerprint density at radius 1 is 1.55 bits per heavy atom. The van der Waals surface area contributed by atoms with Crippen LogP contribution in [0.2, 0.25) is 0 Å². The average Bonchev–Trinajstić information content (AvgIpc) is 1.85. The molecule has 0 aromatic carbocycles. The number of nitrogens with zero attached hydrogens (tertiary/aromatic N) is 1. The van der Waals surface area contributed by atoms with Gasteiger partial charge < -0.3 is 5.73 Å². The van der Waals surface area contributed by atoms with E-state index in [1.165, 1.54) is 5.56 Å². The molecule has 1 heterocycles. The van der Waals surface area contributed by atoms with Crippen molar-refractivity contribution in [3.8, 4) is 0 Å². The van der Waals surface area contributed by atoms with Gasteiger partial charge in [0, 0.05) is 12.1 Å². The van der Waals surface area contributed by atoms with Gasteiger partial charge >= 0.3 is 0 Å². The third-order valence-electron chi connectivity index (χ3n) is 1.39. The van der Waals surface area contributed by atoms with Gasteiger partial charge in [0.15, 0.2) is 0 Å². The summed E-state index contributed by atoms with van der Waals surface area (Å²) < 4.78 is 0.890. The quantitative estimate of drug-likeness (QED) is 0.762. The standard InChI is InChI=1S/C8H11BrN2/c1-6-4-7(2-3-10)11-8(9)5-6/h4-5H,2-3,10H2,1H3. The highest BCUT2D eigenvalue weighted by atomic mass is 79.9. The molecule has 2 nitrogen and oxygen atoms in total. The number of hydrogen-bond donors (Lipinski definition) is 1. The first-order chi connectivity index (χ1) is 5.22. The number of halogens is 1. The van der Waals surface area contributed by atoms with Crippen LogP contribution in [0, 0.1) is 6.92 Å². The first-order valence-electron chi connectivity index (χ1n) is 3.55. The number of hydrogen-bond acceptors (Lipinski definition) is 2. The van der Waals surface area contributed by atoms with E-state index >= 15 is 0 Å². The molecule has 2 N–H and O–H groups in total. The van der Waals surface area contributed by atoms with E-state index in [0.29, 0.717) is 6.54 Å². The summed E-state index contributed by atoms with van der Waals surface area (Å²) in [6, 6.07) is 4.04. The molecule has 1 rings (SSSR count). The second kappa shape index (κ2) is 3.83. The summed E-state index contributed by atoms with van der Waals surface area (Å²) in [4.78, 5) is 4.26. The molecular weight excluding hydrogens is 204 g/mol. The van der Waals surface area contributed by atoms with Crippen LogP contribution in [-0.2, 0) is 6.42 Å². The lowest BCUT2D eigenvalue weighted by Crippen LogP contribution is -2.04. The van der Waals surface area contributed by atoms with Gasteiger partial charge in [-0.2, -0.15) is 0 Å². The van der Waals surface area contributed by atoms with Gasteiger partial charge in [0.1, 0.15) is 4.60 Å². The van der Waals surface area contributed by atoms with Crippen molar-refractivity contribution in [2.45, 2.75) is 13.3 Å². The fourth-order valence-corrected chi connectivity index (χ4v) is 1.56. The Morgan fingerprint density at radius 2 is 2.27 bits per heavy atom. The average molecular weight is 215 g/mol. The van der Waals surface area contributed by atoms with Gasteiger partial charge in [-0.15, -0.1) is 0 Å². The summed E-state index contributed by atoms with van der Waals surface area (Å²) in [7, 11) is 0. The summed E-state index contributed by atoms with van der Waals surface area (Å²) in [5.41, 5.74) is 7.68. The Hall–Kier alpha value is -0.410. The SMILES string of the molecule is Cc1cc(Br)nc(CCN)c1. The lowest BCUT2D eigenvalue weighted by Gasteiger charge is -2.00. The second-order valence-electron chi connectivity index (χ2n) is 2.50. The Balaban J connectivity index is 2.89. The van der Waals surface area contributed by atoms with Crippen LogP contribution in [0.3, 0.4) is 0 Å². The van der Waals surface area contributed by atoms with Crippen LogP contribution in [0.1, 0.15) is 11.3 Å². The van der Waals surface area contributed by atoms with Crippen LogP contribution in [-0.4, -0.2) is 11.5 Å². The largest absolute Gasteiger partial charge is 0.330 e. The van der Waals surface area contributed by atoms with Gasteiger partial charge in [-0.1, -0.05) is 0 Å². The third kappa shape index (κ3) is 2.60.